The predicted octanol–water partition coefficient (Wildman–Crippen LogP) is 0.952. The van der Waals surface area contributed by atoms with Gasteiger partial charge in [0.25, 0.3) is 20.2 Å². The zero-order chi connectivity index (χ0) is 13.6. The molecule has 0 atom stereocenters. The van der Waals surface area contributed by atoms with Crippen molar-refractivity contribution in [2.24, 2.45) is 0 Å². The topological polar surface area (TPSA) is 109 Å². The van der Waals surface area contributed by atoms with Gasteiger partial charge in [-0.1, -0.05) is 12.1 Å². The Morgan fingerprint density at radius 3 is 1.26 bits per heavy atom. The average Bonchev–Trinajstić information content (AvgIpc) is 2.25. The first-order valence-electron chi connectivity index (χ1n) is 4.67. The first-order chi connectivity index (χ1) is 8.18. The van der Waals surface area contributed by atoms with Crippen LogP contribution in [0.3, 0.4) is 0 Å². The van der Waals surface area contributed by atoms with E-state index in [1.165, 1.54) is 24.3 Å². The Balaban J connectivity index is 0.00000180. The van der Waals surface area contributed by atoms with E-state index in [2.05, 4.69) is 0 Å². The van der Waals surface area contributed by atoms with E-state index in [-0.39, 0.29) is 58.7 Å². The third kappa shape index (κ3) is 4.03. The third-order valence-corrected chi connectivity index (χ3v) is 4.08. The smallest absolute Gasteiger partial charge is 0.282 e. The molecule has 2 aromatic rings. The van der Waals surface area contributed by atoms with Gasteiger partial charge >= 0.3 is 48.9 Å². The number of benzene rings is 2. The van der Waals surface area contributed by atoms with Crippen LogP contribution >= 0.6 is 0 Å². The molecule has 0 bridgehead atoms. The minimum atomic E-state index is -4.30. The molecule has 0 heterocycles. The van der Waals surface area contributed by atoms with Gasteiger partial charge in [0.2, 0.25) is 0 Å². The Morgan fingerprint density at radius 2 is 1.00 bits per heavy atom. The van der Waals surface area contributed by atoms with Crippen LogP contribution in [0.1, 0.15) is 0 Å². The molecule has 6 nitrogen and oxygen atoms in total. The minimum Gasteiger partial charge on any atom is -0.282 e. The summed E-state index contributed by atoms with van der Waals surface area (Å²) in [5.41, 5.74) is 0. The van der Waals surface area contributed by atoms with E-state index in [1.54, 1.807) is 0 Å². The molecule has 2 aromatic carbocycles. The summed E-state index contributed by atoms with van der Waals surface area (Å²) in [5.74, 6) is 0. The van der Waals surface area contributed by atoms with Gasteiger partial charge in [0.1, 0.15) is 0 Å². The van der Waals surface area contributed by atoms with Crippen LogP contribution in [-0.4, -0.2) is 74.8 Å². The summed E-state index contributed by atoms with van der Waals surface area (Å²) < 4.78 is 61.4. The Bertz CT molecular complexity index is 755. The molecular formula is C10H8BaO6S2+2. The van der Waals surface area contributed by atoms with Crippen molar-refractivity contribution in [3.8, 4) is 0 Å². The van der Waals surface area contributed by atoms with Crippen molar-refractivity contribution in [1.82, 2.24) is 0 Å². The van der Waals surface area contributed by atoms with Crippen LogP contribution in [0.5, 0.6) is 0 Å². The van der Waals surface area contributed by atoms with Crippen molar-refractivity contribution in [3.63, 3.8) is 0 Å². The maximum absolute atomic E-state index is 10.9. The van der Waals surface area contributed by atoms with Gasteiger partial charge in [0.15, 0.2) is 0 Å². The van der Waals surface area contributed by atoms with Crippen LogP contribution in [0.2, 0.25) is 0 Å². The van der Waals surface area contributed by atoms with Gasteiger partial charge in [-0.2, -0.15) is 16.8 Å². The van der Waals surface area contributed by atoms with Crippen molar-refractivity contribution in [2.45, 2.75) is 9.79 Å². The summed E-state index contributed by atoms with van der Waals surface area (Å²) in [7, 11) is -8.60. The average molecular weight is 426 g/mol. The SMILES string of the molecule is O=S(=O)(O)c1ccc2cc(S(=O)(=O)O)ccc2c1.[Ba+2]. The quantitative estimate of drug-likeness (QED) is 0.548. The maximum atomic E-state index is 10.9. The Kier molecular flexibility index (Phi) is 5.27. The molecule has 0 fully saturated rings. The maximum Gasteiger partial charge on any atom is 2.00 e. The minimum absolute atomic E-state index is 0. The molecule has 0 aliphatic carbocycles. The molecular weight excluding hydrogens is 418 g/mol. The molecule has 2 N–H and O–H groups in total. The first kappa shape index (κ1) is 17.1. The Morgan fingerprint density at radius 1 is 0.684 bits per heavy atom. The second-order valence-electron chi connectivity index (χ2n) is 3.62. The standard InChI is InChI=1S/C10H8O6S2.Ba/c11-17(12,13)9-3-1-7-5-10(18(14,15)16)4-2-8(7)6-9;/h1-6H,(H,11,12,13)(H,14,15,16);/q;+2. The van der Waals surface area contributed by atoms with E-state index in [9.17, 15) is 16.8 Å². The monoisotopic (exact) mass is 426 g/mol. The fourth-order valence-electron chi connectivity index (χ4n) is 1.52. The van der Waals surface area contributed by atoms with Crippen LogP contribution in [0.4, 0.5) is 0 Å². The van der Waals surface area contributed by atoms with Gasteiger partial charge in [0.05, 0.1) is 9.79 Å². The molecule has 0 spiro atoms. The largest absolute Gasteiger partial charge is 2.00 e. The van der Waals surface area contributed by atoms with E-state index in [1.807, 2.05) is 0 Å². The van der Waals surface area contributed by atoms with Gasteiger partial charge in [-0.25, -0.2) is 0 Å². The van der Waals surface area contributed by atoms with E-state index < -0.39 is 20.2 Å². The van der Waals surface area contributed by atoms with E-state index >= 15 is 0 Å². The second kappa shape index (κ2) is 5.84. The Hall–Kier alpha value is 0.0914. The van der Waals surface area contributed by atoms with Crippen molar-refractivity contribution >= 4 is 79.9 Å². The summed E-state index contributed by atoms with van der Waals surface area (Å²) in [6.45, 7) is 0. The first-order valence-corrected chi connectivity index (χ1v) is 7.55. The van der Waals surface area contributed by atoms with Gasteiger partial charge < -0.3 is 0 Å². The van der Waals surface area contributed by atoms with Crippen LogP contribution in [0.15, 0.2) is 46.2 Å². The molecule has 0 radical (unpaired) electrons. The molecule has 0 saturated carbocycles. The zero-order valence-electron chi connectivity index (χ0n) is 9.52. The molecule has 19 heavy (non-hydrogen) atoms. The molecule has 96 valence electrons. The Labute approximate surface area is 150 Å². The molecule has 0 aromatic heterocycles. The molecule has 0 unspecified atom stereocenters. The van der Waals surface area contributed by atoms with Crippen LogP contribution in [-0.2, 0) is 20.2 Å². The predicted molar refractivity (Wildman–Crippen MR) is 69.3 cm³/mol. The summed E-state index contributed by atoms with van der Waals surface area (Å²) >= 11 is 0. The molecule has 0 aliphatic heterocycles. The van der Waals surface area contributed by atoms with Crippen LogP contribution in [0.25, 0.3) is 10.8 Å². The summed E-state index contributed by atoms with van der Waals surface area (Å²) in [4.78, 5) is -0.566. The van der Waals surface area contributed by atoms with E-state index in [4.69, 9.17) is 9.11 Å². The van der Waals surface area contributed by atoms with Gasteiger partial charge in [0, 0.05) is 0 Å². The van der Waals surface area contributed by atoms with Crippen molar-refractivity contribution in [1.29, 1.82) is 0 Å². The van der Waals surface area contributed by atoms with Crippen molar-refractivity contribution in [3.05, 3.63) is 36.4 Å². The number of hydrogen-bond acceptors (Lipinski definition) is 4. The second-order valence-corrected chi connectivity index (χ2v) is 6.46. The van der Waals surface area contributed by atoms with Crippen LogP contribution < -0.4 is 0 Å². The van der Waals surface area contributed by atoms with Crippen molar-refractivity contribution in [2.75, 3.05) is 0 Å². The molecule has 0 amide bonds. The third-order valence-electron chi connectivity index (χ3n) is 2.38. The summed E-state index contributed by atoms with van der Waals surface area (Å²) in [6, 6.07) is 7.38. The zero-order valence-corrected chi connectivity index (χ0v) is 15.6. The van der Waals surface area contributed by atoms with Gasteiger partial charge in [-0.3, -0.25) is 9.11 Å². The van der Waals surface area contributed by atoms with Gasteiger partial charge in [-0.05, 0) is 35.0 Å². The number of fused-ring (bicyclic) bond motifs is 1. The van der Waals surface area contributed by atoms with E-state index in [0.717, 1.165) is 12.1 Å². The summed E-state index contributed by atoms with van der Waals surface area (Å²) in [6.07, 6.45) is 0. The summed E-state index contributed by atoms with van der Waals surface area (Å²) in [5, 5.41) is 0.857. The number of rotatable bonds is 2. The fourth-order valence-corrected chi connectivity index (χ4v) is 2.55. The normalized spacial score (nSPS) is 12.1. The molecule has 0 saturated heterocycles. The van der Waals surface area contributed by atoms with Gasteiger partial charge in [-0.15, -0.1) is 0 Å². The van der Waals surface area contributed by atoms with E-state index in [0.29, 0.717) is 10.8 Å². The fraction of sp³-hybridized carbons (Fsp3) is 0. The molecule has 2 rings (SSSR count). The molecule has 0 aliphatic rings. The molecule has 9 heteroatoms. The van der Waals surface area contributed by atoms with Crippen LogP contribution in [0, 0.1) is 0 Å². The number of hydrogen-bond donors (Lipinski definition) is 2. The van der Waals surface area contributed by atoms with Crippen molar-refractivity contribution < 1.29 is 25.9 Å².